The Hall–Kier alpha value is -2.67. The van der Waals surface area contributed by atoms with E-state index in [0.29, 0.717) is 38.8 Å². The zero-order valence-corrected chi connectivity index (χ0v) is 23.7. The highest BCUT2D eigenvalue weighted by atomic mass is 32.2. The Morgan fingerprint density at radius 2 is 1.55 bits per heavy atom. The van der Waals surface area contributed by atoms with Crippen molar-refractivity contribution in [2.45, 2.75) is 53.9 Å². The lowest BCUT2D eigenvalue weighted by Gasteiger charge is -2.38. The van der Waals surface area contributed by atoms with Gasteiger partial charge in [-0.2, -0.15) is 8.68 Å². The normalized spacial score (nSPS) is 20.9. The van der Waals surface area contributed by atoms with E-state index in [9.17, 15) is 21.6 Å². The minimum absolute atomic E-state index is 0.0695. The summed E-state index contributed by atoms with van der Waals surface area (Å²) in [5, 5.41) is 0.744. The second-order valence-electron chi connectivity index (χ2n) is 10.0. The monoisotopic (exact) mass is 574 g/mol. The number of rotatable bonds is 6. The van der Waals surface area contributed by atoms with E-state index in [1.54, 1.807) is 0 Å². The summed E-state index contributed by atoms with van der Waals surface area (Å²) in [6.07, 6.45) is 3.44. The Bertz CT molecular complexity index is 1530. The molecule has 0 radical (unpaired) electrons. The first-order chi connectivity index (χ1) is 18.0. The Morgan fingerprint density at radius 3 is 2.16 bits per heavy atom. The number of aromatic nitrogens is 2. The van der Waals surface area contributed by atoms with Crippen LogP contribution in [0.4, 0.5) is 5.13 Å². The number of carbonyl (C=O) groups excluding carboxylic acids is 1. The van der Waals surface area contributed by atoms with Gasteiger partial charge in [0.05, 0.1) is 15.2 Å². The average molecular weight is 575 g/mol. The highest BCUT2D eigenvalue weighted by Crippen LogP contribution is 2.44. The number of piperazine rings is 1. The molecule has 1 saturated heterocycles. The summed E-state index contributed by atoms with van der Waals surface area (Å²) in [5.41, 5.74) is 0.710. The number of Topliss-reactive ketones (excluding diaryl/α,β-unsaturated/α-hetero) is 1. The molecule has 1 saturated carbocycles. The third-order valence-electron chi connectivity index (χ3n) is 7.53. The van der Waals surface area contributed by atoms with Crippen molar-refractivity contribution in [1.82, 2.24) is 13.7 Å². The molecule has 202 valence electrons. The Morgan fingerprint density at radius 1 is 0.921 bits per heavy atom. The summed E-state index contributed by atoms with van der Waals surface area (Å²) in [5.74, 6) is 0.994. The van der Waals surface area contributed by atoms with Crippen LogP contribution < -0.4 is 4.90 Å². The van der Waals surface area contributed by atoms with Gasteiger partial charge in [0.1, 0.15) is 5.78 Å². The van der Waals surface area contributed by atoms with Crippen LogP contribution in [0.5, 0.6) is 0 Å². The van der Waals surface area contributed by atoms with Crippen molar-refractivity contribution in [3.63, 3.8) is 0 Å². The van der Waals surface area contributed by atoms with Gasteiger partial charge in [-0.3, -0.25) is 4.79 Å². The molecule has 38 heavy (non-hydrogen) atoms. The van der Waals surface area contributed by atoms with Crippen LogP contribution in [0.25, 0.3) is 0 Å². The molecule has 3 aromatic rings. The first kappa shape index (κ1) is 26.9. The fraction of sp³-hybridized carbons (Fsp3) is 0.423. The number of nitrogens with zero attached hydrogens (tertiary/aromatic N) is 4. The summed E-state index contributed by atoms with van der Waals surface area (Å²) >= 11 is 1.31. The maximum absolute atomic E-state index is 13.3. The number of sulfone groups is 1. The molecule has 1 aliphatic heterocycles. The van der Waals surface area contributed by atoms with E-state index in [1.165, 1.54) is 40.1 Å². The minimum atomic E-state index is -3.79. The van der Waals surface area contributed by atoms with Crippen LogP contribution in [0, 0.1) is 0 Å². The maximum Gasteiger partial charge on any atom is 0.243 e. The number of hydrogen-bond acceptors (Lipinski definition) is 9. The van der Waals surface area contributed by atoms with Crippen molar-refractivity contribution in [2.24, 2.45) is 0 Å². The Kier molecular flexibility index (Phi) is 7.18. The van der Waals surface area contributed by atoms with Gasteiger partial charge in [0.25, 0.3) is 0 Å². The highest BCUT2D eigenvalue weighted by molar-refractivity contribution is 7.90. The minimum Gasteiger partial charge on any atom is -0.344 e. The number of ketones is 1. The molecule has 1 aliphatic carbocycles. The Balaban J connectivity index is 1.35. The van der Waals surface area contributed by atoms with Crippen LogP contribution in [-0.2, 0) is 30.1 Å². The van der Waals surface area contributed by atoms with E-state index < -0.39 is 25.3 Å². The van der Waals surface area contributed by atoms with Crippen LogP contribution >= 0.6 is 11.5 Å². The number of carbonyl (C=O) groups is 1. The van der Waals surface area contributed by atoms with Gasteiger partial charge in [-0.1, -0.05) is 30.3 Å². The van der Waals surface area contributed by atoms with Gasteiger partial charge >= 0.3 is 0 Å². The lowest BCUT2D eigenvalue weighted by Crippen LogP contribution is -2.54. The van der Waals surface area contributed by atoms with Crippen molar-refractivity contribution in [1.29, 1.82) is 0 Å². The topological polar surface area (TPSA) is 118 Å². The van der Waals surface area contributed by atoms with Gasteiger partial charge in [0, 0.05) is 56.3 Å². The molecule has 1 unspecified atom stereocenters. The molecule has 9 nitrogen and oxygen atoms in total. The van der Waals surface area contributed by atoms with E-state index >= 15 is 0 Å². The van der Waals surface area contributed by atoms with E-state index in [0.717, 1.165) is 22.8 Å². The first-order valence-electron chi connectivity index (χ1n) is 12.5. The average Bonchev–Trinajstić information content (AvgIpc) is 3.40. The highest BCUT2D eigenvalue weighted by Gasteiger charge is 2.42. The molecule has 2 heterocycles. The first-order valence-corrected chi connectivity index (χ1v) is 16.6. The lowest BCUT2D eigenvalue weighted by molar-refractivity contribution is -0.121. The van der Waals surface area contributed by atoms with Crippen LogP contribution in [-0.4, -0.2) is 68.2 Å². The molecular formula is C26H30N4O5S3. The fourth-order valence-corrected chi connectivity index (χ4v) is 8.39. The summed E-state index contributed by atoms with van der Waals surface area (Å²) in [6.45, 7) is 3.03. The molecule has 2 aliphatic rings. The molecule has 0 N–H and O–H groups in total. The van der Waals surface area contributed by atoms with Crippen LogP contribution in [0.2, 0.25) is 0 Å². The largest absolute Gasteiger partial charge is 0.344 e. The van der Waals surface area contributed by atoms with E-state index in [1.807, 2.05) is 25.1 Å². The van der Waals surface area contributed by atoms with Crippen molar-refractivity contribution in [3.8, 4) is 0 Å². The summed E-state index contributed by atoms with van der Waals surface area (Å²) < 4.78 is 56.4. The van der Waals surface area contributed by atoms with Crippen LogP contribution in [0.1, 0.15) is 44.0 Å². The maximum atomic E-state index is 13.3. The van der Waals surface area contributed by atoms with Crippen molar-refractivity contribution in [3.05, 3.63) is 66.0 Å². The molecular weight excluding hydrogens is 545 g/mol. The molecule has 0 bridgehead atoms. The quantitative estimate of drug-likeness (QED) is 0.440. The predicted molar refractivity (Wildman–Crippen MR) is 146 cm³/mol. The van der Waals surface area contributed by atoms with Gasteiger partial charge in [-0.05, 0) is 49.6 Å². The molecule has 0 spiro atoms. The SMILES string of the molecule is CC1CN(c2nc(C3(c4ccccc4)CCC(=O)CC3)ns2)CCN1S(=O)(=O)c1ccc(S(C)(=O)=O)cc1. The second-order valence-corrected chi connectivity index (χ2v) is 14.7. The number of benzene rings is 2. The Labute approximate surface area is 227 Å². The second kappa shape index (κ2) is 10.1. The van der Waals surface area contributed by atoms with E-state index in [4.69, 9.17) is 9.36 Å². The summed E-state index contributed by atoms with van der Waals surface area (Å²) in [7, 11) is -7.21. The third kappa shape index (κ3) is 5.02. The van der Waals surface area contributed by atoms with Gasteiger partial charge in [0.15, 0.2) is 15.7 Å². The van der Waals surface area contributed by atoms with Gasteiger partial charge in [-0.25, -0.2) is 21.8 Å². The molecule has 12 heteroatoms. The molecule has 1 atom stereocenters. The molecule has 2 fully saturated rings. The molecule has 1 aromatic heterocycles. The van der Waals surface area contributed by atoms with Gasteiger partial charge in [-0.15, -0.1) is 0 Å². The zero-order valence-electron chi connectivity index (χ0n) is 21.3. The predicted octanol–water partition coefficient (Wildman–Crippen LogP) is 3.27. The zero-order chi connectivity index (χ0) is 27.1. The van der Waals surface area contributed by atoms with Crippen LogP contribution in [0.15, 0.2) is 64.4 Å². The molecule has 2 aromatic carbocycles. The smallest absolute Gasteiger partial charge is 0.243 e. The number of anilines is 1. The van der Waals surface area contributed by atoms with E-state index in [2.05, 4.69) is 17.0 Å². The third-order valence-corrected chi connectivity index (χ3v) is 11.5. The van der Waals surface area contributed by atoms with Gasteiger partial charge in [0.2, 0.25) is 15.2 Å². The lowest BCUT2D eigenvalue weighted by atomic mass is 9.68. The molecule has 0 amide bonds. The fourth-order valence-electron chi connectivity index (χ4n) is 5.36. The van der Waals surface area contributed by atoms with E-state index in [-0.39, 0.29) is 28.2 Å². The van der Waals surface area contributed by atoms with Gasteiger partial charge < -0.3 is 4.90 Å². The van der Waals surface area contributed by atoms with Crippen molar-refractivity contribution >= 4 is 42.3 Å². The number of hydrogen-bond donors (Lipinski definition) is 0. The number of sulfonamides is 1. The van der Waals surface area contributed by atoms with Crippen LogP contribution in [0.3, 0.4) is 0 Å². The standard InChI is InChI=1S/C26H30N4O5S3/c1-19-18-29(16-17-30(19)38(34,35)23-10-8-22(9-11-23)37(2,32)33)25-27-24(28-36-25)26(14-12-21(31)13-15-26)20-6-4-3-5-7-20/h3-11,19H,12-18H2,1-2H3. The summed E-state index contributed by atoms with van der Waals surface area (Å²) in [6, 6.07) is 15.1. The van der Waals surface area contributed by atoms with Crippen molar-refractivity contribution < 1.29 is 21.6 Å². The van der Waals surface area contributed by atoms with Crippen molar-refractivity contribution in [2.75, 3.05) is 30.8 Å². The molecule has 5 rings (SSSR count). The summed E-state index contributed by atoms with van der Waals surface area (Å²) in [4.78, 5) is 19.2.